The van der Waals surface area contributed by atoms with E-state index in [0.29, 0.717) is 17.5 Å². The van der Waals surface area contributed by atoms with Crippen LogP contribution in [0.5, 0.6) is 0 Å². The van der Waals surface area contributed by atoms with Crippen LogP contribution in [0, 0.1) is 6.92 Å². The molecule has 1 aromatic carbocycles. The van der Waals surface area contributed by atoms with Crippen molar-refractivity contribution in [2.24, 2.45) is 0 Å². The third-order valence-electron chi connectivity index (χ3n) is 1.85. The van der Waals surface area contributed by atoms with Crippen LogP contribution in [0.2, 0.25) is 0 Å². The molecular formula is C10H12ClN3OS. The third kappa shape index (κ3) is 3.15. The van der Waals surface area contributed by atoms with Crippen molar-refractivity contribution in [3.8, 4) is 0 Å². The van der Waals surface area contributed by atoms with E-state index in [0.717, 1.165) is 10.6 Å². The molecule has 2 rings (SSSR count). The van der Waals surface area contributed by atoms with Crippen LogP contribution in [0.3, 0.4) is 0 Å². The van der Waals surface area contributed by atoms with Crippen LogP contribution in [0.1, 0.15) is 11.7 Å². The maximum atomic E-state index is 5.80. The average molecular weight is 258 g/mol. The number of benzene rings is 1. The van der Waals surface area contributed by atoms with E-state index in [2.05, 4.69) is 10.1 Å². The topological polar surface area (TPSA) is 64.9 Å². The van der Waals surface area contributed by atoms with E-state index in [-0.39, 0.29) is 12.4 Å². The summed E-state index contributed by atoms with van der Waals surface area (Å²) in [5.74, 6) is 1.96. The molecule has 86 valence electrons. The summed E-state index contributed by atoms with van der Waals surface area (Å²) in [5.41, 5.74) is 6.59. The summed E-state index contributed by atoms with van der Waals surface area (Å²) in [7, 11) is 0. The summed E-state index contributed by atoms with van der Waals surface area (Å²) in [5, 5.41) is 3.81. The number of halogens is 1. The molecule has 0 radical (unpaired) electrons. The highest BCUT2D eigenvalue weighted by Crippen LogP contribution is 2.26. The predicted molar refractivity (Wildman–Crippen MR) is 66.7 cm³/mol. The molecule has 0 aliphatic carbocycles. The minimum Gasteiger partial charge on any atom is -0.398 e. The molecule has 6 heteroatoms. The first-order valence-corrected chi connectivity index (χ1v) is 5.51. The van der Waals surface area contributed by atoms with Crippen molar-refractivity contribution in [2.75, 3.05) is 5.73 Å². The highest BCUT2D eigenvalue weighted by atomic mass is 35.5. The maximum Gasteiger partial charge on any atom is 0.223 e. The van der Waals surface area contributed by atoms with Gasteiger partial charge in [0.2, 0.25) is 5.89 Å². The molecule has 0 saturated carbocycles. The largest absolute Gasteiger partial charge is 0.398 e. The molecule has 16 heavy (non-hydrogen) atoms. The van der Waals surface area contributed by atoms with Gasteiger partial charge in [0.1, 0.15) is 0 Å². The van der Waals surface area contributed by atoms with Crippen LogP contribution in [-0.2, 0) is 5.75 Å². The minimum atomic E-state index is 0. The van der Waals surface area contributed by atoms with Crippen molar-refractivity contribution in [2.45, 2.75) is 17.6 Å². The van der Waals surface area contributed by atoms with Crippen molar-refractivity contribution < 1.29 is 4.52 Å². The lowest BCUT2D eigenvalue weighted by atomic mass is 10.3. The fourth-order valence-corrected chi connectivity index (χ4v) is 1.97. The summed E-state index contributed by atoms with van der Waals surface area (Å²) in [6.07, 6.45) is 0. The standard InChI is InChI=1S/C10H11N3OS.ClH/c1-7-12-10(13-14-7)6-15-9-5-3-2-4-8(9)11;/h2-5H,6,11H2,1H3;1H. The van der Waals surface area contributed by atoms with Gasteiger partial charge < -0.3 is 10.3 Å². The molecule has 2 aromatic rings. The number of thioether (sulfide) groups is 1. The van der Waals surface area contributed by atoms with E-state index in [9.17, 15) is 0 Å². The number of anilines is 1. The molecule has 0 amide bonds. The van der Waals surface area contributed by atoms with Crippen LogP contribution >= 0.6 is 24.2 Å². The molecule has 0 aliphatic heterocycles. The van der Waals surface area contributed by atoms with E-state index in [1.807, 2.05) is 24.3 Å². The molecular weight excluding hydrogens is 246 g/mol. The van der Waals surface area contributed by atoms with Gasteiger partial charge in [-0.25, -0.2) is 0 Å². The first-order valence-electron chi connectivity index (χ1n) is 4.52. The molecule has 1 heterocycles. The molecule has 0 aliphatic rings. The van der Waals surface area contributed by atoms with Gasteiger partial charge in [-0.2, -0.15) is 4.98 Å². The van der Waals surface area contributed by atoms with Gasteiger partial charge in [-0.05, 0) is 12.1 Å². The number of aromatic nitrogens is 2. The normalized spacial score (nSPS) is 9.81. The Labute approximate surface area is 104 Å². The number of aryl methyl sites for hydroxylation is 1. The Morgan fingerprint density at radius 2 is 2.12 bits per heavy atom. The van der Waals surface area contributed by atoms with Gasteiger partial charge in [0.05, 0.1) is 5.75 Å². The van der Waals surface area contributed by atoms with Crippen molar-refractivity contribution in [3.63, 3.8) is 0 Å². The van der Waals surface area contributed by atoms with Gasteiger partial charge >= 0.3 is 0 Å². The zero-order chi connectivity index (χ0) is 10.7. The number of hydrogen-bond acceptors (Lipinski definition) is 5. The lowest BCUT2D eigenvalue weighted by Crippen LogP contribution is -1.89. The molecule has 0 unspecified atom stereocenters. The van der Waals surface area contributed by atoms with E-state index in [1.165, 1.54) is 0 Å². The monoisotopic (exact) mass is 257 g/mol. The summed E-state index contributed by atoms with van der Waals surface area (Å²) in [6.45, 7) is 1.78. The number of nitrogen functional groups attached to an aromatic ring is 1. The quantitative estimate of drug-likeness (QED) is 0.677. The zero-order valence-electron chi connectivity index (χ0n) is 8.71. The molecule has 0 saturated heterocycles. The third-order valence-corrected chi connectivity index (χ3v) is 2.93. The number of hydrogen-bond donors (Lipinski definition) is 1. The van der Waals surface area contributed by atoms with Crippen molar-refractivity contribution in [1.82, 2.24) is 10.1 Å². The number of nitrogens with zero attached hydrogens (tertiary/aromatic N) is 2. The molecule has 0 fully saturated rings. The van der Waals surface area contributed by atoms with E-state index in [1.54, 1.807) is 18.7 Å². The van der Waals surface area contributed by atoms with Gasteiger partial charge in [0, 0.05) is 17.5 Å². The Hall–Kier alpha value is -1.20. The summed E-state index contributed by atoms with van der Waals surface area (Å²) in [6, 6.07) is 7.73. The van der Waals surface area contributed by atoms with Crippen molar-refractivity contribution >= 4 is 29.9 Å². The van der Waals surface area contributed by atoms with Crippen LogP contribution in [0.4, 0.5) is 5.69 Å². The van der Waals surface area contributed by atoms with Crippen molar-refractivity contribution in [3.05, 3.63) is 36.0 Å². The minimum absolute atomic E-state index is 0. The predicted octanol–water partition coefficient (Wildman–Crippen LogP) is 2.67. The highest BCUT2D eigenvalue weighted by molar-refractivity contribution is 7.98. The van der Waals surface area contributed by atoms with E-state index >= 15 is 0 Å². The highest BCUT2D eigenvalue weighted by Gasteiger charge is 2.04. The van der Waals surface area contributed by atoms with Crippen LogP contribution in [0.25, 0.3) is 0 Å². The van der Waals surface area contributed by atoms with Gasteiger partial charge in [-0.3, -0.25) is 0 Å². The summed E-state index contributed by atoms with van der Waals surface area (Å²) >= 11 is 1.60. The van der Waals surface area contributed by atoms with E-state index in [4.69, 9.17) is 10.3 Å². The lowest BCUT2D eigenvalue weighted by molar-refractivity contribution is 0.389. The Bertz CT molecular complexity index is 461. The SMILES string of the molecule is Cc1nc(CSc2ccccc2N)no1.Cl. The van der Waals surface area contributed by atoms with Crippen LogP contribution < -0.4 is 5.73 Å². The lowest BCUT2D eigenvalue weighted by Gasteiger charge is -2.01. The van der Waals surface area contributed by atoms with Crippen LogP contribution in [0.15, 0.2) is 33.7 Å². The maximum absolute atomic E-state index is 5.80. The van der Waals surface area contributed by atoms with Gasteiger partial charge in [-0.15, -0.1) is 24.2 Å². The summed E-state index contributed by atoms with van der Waals surface area (Å²) < 4.78 is 4.88. The van der Waals surface area contributed by atoms with Crippen LogP contribution in [-0.4, -0.2) is 10.1 Å². The zero-order valence-corrected chi connectivity index (χ0v) is 10.3. The molecule has 2 N–H and O–H groups in total. The van der Waals surface area contributed by atoms with Crippen molar-refractivity contribution in [1.29, 1.82) is 0 Å². The molecule has 0 spiro atoms. The smallest absolute Gasteiger partial charge is 0.223 e. The molecule has 1 aromatic heterocycles. The van der Waals surface area contributed by atoms with Gasteiger partial charge in [0.25, 0.3) is 0 Å². The molecule has 0 bridgehead atoms. The molecule has 0 atom stereocenters. The first-order chi connectivity index (χ1) is 7.25. The number of para-hydroxylation sites is 1. The Morgan fingerprint density at radius 3 is 2.75 bits per heavy atom. The Kier molecular flexibility index (Phi) is 4.64. The van der Waals surface area contributed by atoms with E-state index < -0.39 is 0 Å². The molecule has 4 nitrogen and oxygen atoms in total. The fourth-order valence-electron chi connectivity index (χ4n) is 1.15. The van der Waals surface area contributed by atoms with Gasteiger partial charge in [-0.1, -0.05) is 17.3 Å². The second-order valence-corrected chi connectivity index (χ2v) is 4.07. The second-order valence-electron chi connectivity index (χ2n) is 3.06. The van der Waals surface area contributed by atoms with Gasteiger partial charge in [0.15, 0.2) is 5.82 Å². The second kappa shape index (κ2) is 5.77. The first kappa shape index (κ1) is 12.9. The fraction of sp³-hybridized carbons (Fsp3) is 0.200. The average Bonchev–Trinajstić information content (AvgIpc) is 2.63. The Morgan fingerprint density at radius 1 is 1.38 bits per heavy atom. The number of rotatable bonds is 3. The summed E-state index contributed by atoms with van der Waals surface area (Å²) in [4.78, 5) is 5.16. The Balaban J connectivity index is 0.00000128. The number of nitrogens with two attached hydrogens (primary N) is 1.